The Labute approximate surface area is 188 Å². The number of rotatable bonds is 6. The maximum absolute atomic E-state index is 12.7. The third kappa shape index (κ3) is 5.06. The predicted molar refractivity (Wildman–Crippen MR) is 115 cm³/mol. The smallest absolute Gasteiger partial charge is 0.416 e. The van der Waals surface area contributed by atoms with Crippen LogP contribution in [0.4, 0.5) is 18.9 Å². The topological polar surface area (TPSA) is 128 Å². The van der Waals surface area contributed by atoms with Gasteiger partial charge in [-0.05, 0) is 48.0 Å². The summed E-state index contributed by atoms with van der Waals surface area (Å²) < 4.78 is 38.2. The number of carboxylic acids is 1. The molecule has 0 atom stereocenters. The molecular weight excluding hydrogens is 463 g/mol. The summed E-state index contributed by atoms with van der Waals surface area (Å²) in [7, 11) is 0. The van der Waals surface area contributed by atoms with Crippen LogP contribution in [-0.2, 0) is 6.18 Å². The number of carbonyl (C=O) groups excluding carboxylic acids is 1. The van der Waals surface area contributed by atoms with Gasteiger partial charge in [-0.15, -0.1) is 16.2 Å². The van der Waals surface area contributed by atoms with Crippen molar-refractivity contribution in [1.82, 2.24) is 5.43 Å². The number of halogens is 3. The minimum Gasteiger partial charge on any atom is -0.506 e. The number of amides is 1. The van der Waals surface area contributed by atoms with E-state index in [-0.39, 0.29) is 28.2 Å². The van der Waals surface area contributed by atoms with Crippen LogP contribution in [-0.4, -0.2) is 27.8 Å². The monoisotopic (exact) mass is 477 g/mol. The molecule has 2 aromatic carbocycles. The molecule has 0 aliphatic heterocycles. The van der Waals surface area contributed by atoms with Crippen molar-refractivity contribution < 1.29 is 33.0 Å². The molecule has 0 unspecified atom stereocenters. The summed E-state index contributed by atoms with van der Waals surface area (Å²) in [5.41, 5.74) is 1.40. The van der Waals surface area contributed by atoms with Gasteiger partial charge in [0.1, 0.15) is 11.4 Å². The molecule has 0 aliphatic carbocycles. The van der Waals surface area contributed by atoms with E-state index in [0.717, 1.165) is 35.6 Å². The van der Waals surface area contributed by atoms with Crippen LogP contribution in [0.1, 0.15) is 38.8 Å². The number of alkyl halides is 3. The summed E-state index contributed by atoms with van der Waals surface area (Å²) in [6.45, 7) is 1.49. The number of nitrogens with one attached hydrogen (secondary N) is 1. The summed E-state index contributed by atoms with van der Waals surface area (Å²) in [6.07, 6.45) is -4.47. The van der Waals surface area contributed by atoms with Gasteiger partial charge in [-0.3, -0.25) is 4.79 Å². The fraction of sp³-hybridized carbons (Fsp3) is 0.0952. The van der Waals surface area contributed by atoms with Gasteiger partial charge in [-0.2, -0.15) is 18.3 Å². The van der Waals surface area contributed by atoms with Gasteiger partial charge in [0.05, 0.1) is 27.3 Å². The molecule has 0 fully saturated rings. The van der Waals surface area contributed by atoms with E-state index in [2.05, 4.69) is 15.7 Å². The molecule has 0 aliphatic rings. The zero-order valence-corrected chi connectivity index (χ0v) is 17.5. The average molecular weight is 477 g/mol. The highest BCUT2D eigenvalue weighted by atomic mass is 32.1. The van der Waals surface area contributed by atoms with Crippen molar-refractivity contribution in [3.8, 4) is 16.2 Å². The van der Waals surface area contributed by atoms with Crippen molar-refractivity contribution in [3.63, 3.8) is 0 Å². The fourth-order valence-electron chi connectivity index (χ4n) is 2.81. The summed E-state index contributed by atoms with van der Waals surface area (Å²) in [6, 6.07) is 7.55. The van der Waals surface area contributed by atoms with E-state index in [0.29, 0.717) is 10.4 Å². The summed E-state index contributed by atoms with van der Waals surface area (Å²) >= 11 is 1.08. The van der Waals surface area contributed by atoms with Gasteiger partial charge in [0.15, 0.2) is 0 Å². The van der Waals surface area contributed by atoms with Gasteiger partial charge in [0.25, 0.3) is 5.91 Å². The molecule has 0 saturated heterocycles. The van der Waals surface area contributed by atoms with Crippen molar-refractivity contribution in [2.75, 3.05) is 0 Å². The van der Waals surface area contributed by atoms with Crippen LogP contribution in [0.25, 0.3) is 10.4 Å². The zero-order chi connectivity index (χ0) is 24.3. The molecular formula is C21H14F3N3O5S. The first-order valence-corrected chi connectivity index (χ1v) is 9.94. The summed E-state index contributed by atoms with van der Waals surface area (Å²) in [5.74, 6) is -2.34. The van der Waals surface area contributed by atoms with Crippen molar-refractivity contribution in [2.45, 2.75) is 13.1 Å². The molecule has 3 aromatic rings. The van der Waals surface area contributed by atoms with Crippen molar-refractivity contribution in [2.24, 2.45) is 10.3 Å². The molecule has 0 radical (unpaired) electrons. The van der Waals surface area contributed by atoms with Crippen molar-refractivity contribution in [3.05, 3.63) is 75.0 Å². The molecule has 1 aromatic heterocycles. The lowest BCUT2D eigenvalue weighted by Gasteiger charge is -2.07. The lowest BCUT2D eigenvalue weighted by molar-refractivity contribution is -0.137. The number of thiophene rings is 1. The van der Waals surface area contributed by atoms with E-state index in [4.69, 9.17) is 5.11 Å². The Balaban J connectivity index is 1.79. The molecule has 8 nitrogen and oxygen atoms in total. The highest BCUT2D eigenvalue weighted by Gasteiger charge is 2.30. The quantitative estimate of drug-likeness (QED) is 0.249. The first-order chi connectivity index (χ1) is 15.5. The third-order valence-electron chi connectivity index (χ3n) is 4.54. The first kappa shape index (κ1) is 23.6. The van der Waals surface area contributed by atoms with E-state index in [1.807, 2.05) is 0 Å². The number of nitrogens with zero attached hydrogens (tertiary/aromatic N) is 2. The zero-order valence-electron chi connectivity index (χ0n) is 16.7. The van der Waals surface area contributed by atoms with Gasteiger partial charge in [0.2, 0.25) is 0 Å². The van der Waals surface area contributed by atoms with Gasteiger partial charge in [-0.25, -0.2) is 10.2 Å². The number of aromatic hydroxyl groups is 1. The number of aromatic carboxylic acids is 1. The number of carbonyl (C=O) groups is 2. The largest absolute Gasteiger partial charge is 0.506 e. The molecule has 33 heavy (non-hydrogen) atoms. The van der Waals surface area contributed by atoms with Crippen LogP contribution < -0.4 is 5.43 Å². The molecule has 12 heteroatoms. The molecule has 1 heterocycles. The molecule has 0 saturated carbocycles. The van der Waals surface area contributed by atoms with Gasteiger partial charge in [-0.1, -0.05) is 12.1 Å². The SMILES string of the molecule is C/C(=N\NC(=O)c1ccc(C(=O)O)c(N=O)c1)c1csc(-c2ccc(C(F)(F)F)cc2)c1O. The van der Waals surface area contributed by atoms with E-state index < -0.39 is 29.3 Å². The Bertz CT molecular complexity index is 1270. The van der Waals surface area contributed by atoms with Crippen LogP contribution >= 0.6 is 11.3 Å². The Morgan fingerprint density at radius 2 is 1.73 bits per heavy atom. The number of carboxylic acid groups (broad SMARTS) is 1. The maximum Gasteiger partial charge on any atom is 0.416 e. The first-order valence-electron chi connectivity index (χ1n) is 9.06. The highest BCUT2D eigenvalue weighted by molar-refractivity contribution is 7.14. The Morgan fingerprint density at radius 1 is 1.06 bits per heavy atom. The minimum absolute atomic E-state index is 0.0638. The summed E-state index contributed by atoms with van der Waals surface area (Å²) in [5, 5.41) is 27.5. The molecule has 170 valence electrons. The van der Waals surface area contributed by atoms with Crippen LogP contribution in [0.15, 0.2) is 58.1 Å². The number of benzene rings is 2. The second-order valence-corrected chi connectivity index (χ2v) is 7.55. The van der Waals surface area contributed by atoms with E-state index in [1.54, 1.807) is 0 Å². The van der Waals surface area contributed by atoms with E-state index in [1.165, 1.54) is 30.5 Å². The van der Waals surface area contributed by atoms with Gasteiger partial charge < -0.3 is 10.2 Å². The molecule has 0 bridgehead atoms. The average Bonchev–Trinajstić information content (AvgIpc) is 3.17. The second kappa shape index (κ2) is 9.20. The highest BCUT2D eigenvalue weighted by Crippen LogP contribution is 2.40. The molecule has 1 amide bonds. The van der Waals surface area contributed by atoms with E-state index >= 15 is 0 Å². The standard InChI is InChI=1S/C21H14F3N3O5S/c1-10(25-26-19(29)12-4-7-14(20(30)31)16(8-12)27-32)15-9-33-18(17(15)28)11-2-5-13(6-3-11)21(22,23)24/h2-9,28H,1H3,(H,26,29)(H,30,31)/b25-10+. The third-order valence-corrected chi connectivity index (χ3v) is 5.56. The number of hydrazone groups is 1. The Hall–Kier alpha value is -4.06. The molecule has 0 spiro atoms. The van der Waals surface area contributed by atoms with Crippen LogP contribution in [0.2, 0.25) is 0 Å². The number of hydrogen-bond acceptors (Lipinski definition) is 7. The molecule has 3 N–H and O–H groups in total. The van der Waals surface area contributed by atoms with Crippen molar-refractivity contribution >= 4 is 34.6 Å². The fourth-order valence-corrected chi connectivity index (χ4v) is 3.82. The summed E-state index contributed by atoms with van der Waals surface area (Å²) in [4.78, 5) is 34.5. The van der Waals surface area contributed by atoms with Gasteiger partial charge >= 0.3 is 12.1 Å². The Kier molecular flexibility index (Phi) is 6.58. The second-order valence-electron chi connectivity index (χ2n) is 6.67. The van der Waals surface area contributed by atoms with Crippen molar-refractivity contribution in [1.29, 1.82) is 0 Å². The lowest BCUT2D eigenvalue weighted by atomic mass is 10.1. The maximum atomic E-state index is 12.7. The predicted octanol–water partition coefficient (Wildman–Crippen LogP) is 5.39. The van der Waals surface area contributed by atoms with E-state index in [9.17, 15) is 32.8 Å². The number of nitroso groups, excluding NO2 is 1. The minimum atomic E-state index is -4.47. The lowest BCUT2D eigenvalue weighted by Crippen LogP contribution is -2.19. The molecule has 3 rings (SSSR count). The Morgan fingerprint density at radius 3 is 2.30 bits per heavy atom. The van der Waals surface area contributed by atoms with Gasteiger partial charge in [0, 0.05) is 10.9 Å². The van der Waals surface area contributed by atoms with Crippen LogP contribution in [0.5, 0.6) is 5.75 Å². The van der Waals surface area contributed by atoms with Crippen LogP contribution in [0, 0.1) is 4.91 Å². The normalized spacial score (nSPS) is 11.8. The number of hydrogen-bond donors (Lipinski definition) is 3. The van der Waals surface area contributed by atoms with Crippen LogP contribution in [0.3, 0.4) is 0 Å².